The van der Waals surface area contributed by atoms with Crippen LogP contribution in [-0.4, -0.2) is 47.0 Å². The summed E-state index contributed by atoms with van der Waals surface area (Å²) in [6.45, 7) is 1.91. The number of likely N-dealkylation sites (N-methyl/N-ethyl adjacent to an activating group) is 1. The third kappa shape index (κ3) is 2.46. The van der Waals surface area contributed by atoms with Crippen LogP contribution in [0.4, 0.5) is 0 Å². The van der Waals surface area contributed by atoms with Crippen LogP contribution in [0.1, 0.15) is 12.0 Å². The van der Waals surface area contributed by atoms with Crippen molar-refractivity contribution in [3.05, 3.63) is 30.1 Å². The van der Waals surface area contributed by atoms with E-state index in [0.29, 0.717) is 12.5 Å². The van der Waals surface area contributed by atoms with Gasteiger partial charge in [0.15, 0.2) is 0 Å². The lowest BCUT2D eigenvalue weighted by Crippen LogP contribution is -2.39. The lowest BCUT2D eigenvalue weighted by molar-refractivity contribution is -0.130. The van der Waals surface area contributed by atoms with Crippen molar-refractivity contribution in [3.8, 4) is 0 Å². The third-order valence-corrected chi connectivity index (χ3v) is 3.82. The normalized spacial score (nSPS) is 18.9. The van der Waals surface area contributed by atoms with Crippen LogP contribution >= 0.6 is 0 Å². The molecule has 0 aliphatic carbocycles. The molecule has 2 aromatic rings. The molecule has 0 bridgehead atoms. The molecule has 2 N–H and O–H groups in total. The highest BCUT2D eigenvalue weighted by atomic mass is 16.2. The van der Waals surface area contributed by atoms with Crippen molar-refractivity contribution in [1.82, 2.24) is 20.2 Å². The first-order valence-corrected chi connectivity index (χ1v) is 6.62. The first-order valence-electron chi connectivity index (χ1n) is 6.62. The minimum atomic E-state index is 0.174. The van der Waals surface area contributed by atoms with Gasteiger partial charge in [-0.2, -0.15) is 0 Å². The van der Waals surface area contributed by atoms with Crippen molar-refractivity contribution in [1.29, 1.82) is 0 Å². The maximum atomic E-state index is 12.2. The second kappa shape index (κ2) is 5.01. The Morgan fingerprint density at radius 1 is 1.53 bits per heavy atom. The quantitative estimate of drug-likeness (QED) is 0.861. The van der Waals surface area contributed by atoms with Crippen LogP contribution < -0.4 is 5.32 Å². The summed E-state index contributed by atoms with van der Waals surface area (Å²) in [4.78, 5) is 21.4. The Kier molecular flexibility index (Phi) is 3.21. The Labute approximate surface area is 112 Å². The maximum absolute atomic E-state index is 12.2. The second-order valence-corrected chi connectivity index (χ2v) is 5.08. The SMILES string of the molecule is CN(C(=O)Cc1ccc2nc[nH]c2c1)C1CCNC1. The molecule has 1 unspecified atom stereocenters. The van der Waals surface area contributed by atoms with Gasteiger partial charge in [-0.3, -0.25) is 4.79 Å². The van der Waals surface area contributed by atoms with Gasteiger partial charge >= 0.3 is 0 Å². The van der Waals surface area contributed by atoms with Gasteiger partial charge in [-0.15, -0.1) is 0 Å². The summed E-state index contributed by atoms with van der Waals surface area (Å²) < 4.78 is 0. The Balaban J connectivity index is 1.70. The summed E-state index contributed by atoms with van der Waals surface area (Å²) in [6, 6.07) is 6.26. The van der Waals surface area contributed by atoms with E-state index in [2.05, 4.69) is 15.3 Å². The minimum absolute atomic E-state index is 0.174. The molecule has 0 saturated carbocycles. The Hall–Kier alpha value is -1.88. The van der Waals surface area contributed by atoms with E-state index in [-0.39, 0.29) is 5.91 Å². The fraction of sp³-hybridized carbons (Fsp3) is 0.429. The number of fused-ring (bicyclic) bond motifs is 1. The van der Waals surface area contributed by atoms with E-state index < -0.39 is 0 Å². The molecule has 1 aromatic heterocycles. The van der Waals surface area contributed by atoms with Crippen molar-refractivity contribution in [2.45, 2.75) is 18.9 Å². The van der Waals surface area contributed by atoms with Crippen molar-refractivity contribution in [3.63, 3.8) is 0 Å². The molecular weight excluding hydrogens is 240 g/mol. The highest BCUT2D eigenvalue weighted by Crippen LogP contribution is 2.14. The number of hydrogen-bond acceptors (Lipinski definition) is 3. The van der Waals surface area contributed by atoms with E-state index in [9.17, 15) is 4.79 Å². The smallest absolute Gasteiger partial charge is 0.227 e. The highest BCUT2D eigenvalue weighted by Gasteiger charge is 2.23. The number of imidazole rings is 1. The van der Waals surface area contributed by atoms with Gasteiger partial charge in [0.2, 0.25) is 5.91 Å². The Morgan fingerprint density at radius 2 is 2.42 bits per heavy atom. The first-order chi connectivity index (χ1) is 9.24. The predicted octanol–water partition coefficient (Wildman–Crippen LogP) is 0.926. The van der Waals surface area contributed by atoms with Crippen LogP contribution in [0.5, 0.6) is 0 Å². The number of hydrogen-bond donors (Lipinski definition) is 2. The zero-order valence-electron chi connectivity index (χ0n) is 11.0. The molecule has 19 heavy (non-hydrogen) atoms. The van der Waals surface area contributed by atoms with E-state index in [1.165, 1.54) is 0 Å². The van der Waals surface area contributed by atoms with Gasteiger partial charge in [0.05, 0.1) is 23.8 Å². The van der Waals surface area contributed by atoms with Crippen molar-refractivity contribution >= 4 is 16.9 Å². The first kappa shape index (κ1) is 12.2. The van der Waals surface area contributed by atoms with Crippen LogP contribution in [0, 0.1) is 0 Å². The van der Waals surface area contributed by atoms with Gasteiger partial charge in [-0.05, 0) is 30.7 Å². The van der Waals surface area contributed by atoms with E-state index in [4.69, 9.17) is 0 Å². The molecule has 100 valence electrons. The number of H-pyrrole nitrogens is 1. The average molecular weight is 258 g/mol. The topological polar surface area (TPSA) is 61.0 Å². The summed E-state index contributed by atoms with van der Waals surface area (Å²) in [5, 5.41) is 3.29. The van der Waals surface area contributed by atoms with Crippen LogP contribution in [0.25, 0.3) is 11.0 Å². The molecule has 1 aliphatic rings. The van der Waals surface area contributed by atoms with Gasteiger partial charge in [0, 0.05) is 19.6 Å². The molecule has 5 nitrogen and oxygen atoms in total. The molecule has 1 amide bonds. The molecule has 0 spiro atoms. The molecule has 1 atom stereocenters. The zero-order chi connectivity index (χ0) is 13.2. The van der Waals surface area contributed by atoms with Gasteiger partial charge in [-0.25, -0.2) is 4.98 Å². The van der Waals surface area contributed by atoms with Crippen molar-refractivity contribution in [2.75, 3.05) is 20.1 Å². The van der Waals surface area contributed by atoms with Crippen molar-refractivity contribution in [2.24, 2.45) is 0 Å². The van der Waals surface area contributed by atoms with Gasteiger partial charge in [0.1, 0.15) is 0 Å². The summed E-state index contributed by atoms with van der Waals surface area (Å²) >= 11 is 0. The van der Waals surface area contributed by atoms with Crippen LogP contribution in [0.15, 0.2) is 24.5 Å². The summed E-state index contributed by atoms with van der Waals surface area (Å²) in [5.74, 6) is 0.174. The van der Waals surface area contributed by atoms with Crippen molar-refractivity contribution < 1.29 is 4.79 Å². The number of nitrogens with zero attached hydrogens (tertiary/aromatic N) is 2. The molecule has 0 radical (unpaired) electrons. The maximum Gasteiger partial charge on any atom is 0.227 e. The summed E-state index contributed by atoms with van der Waals surface area (Å²) in [5.41, 5.74) is 2.94. The van der Waals surface area contributed by atoms with Gasteiger partial charge < -0.3 is 15.2 Å². The highest BCUT2D eigenvalue weighted by molar-refractivity contribution is 5.81. The molecule has 1 fully saturated rings. The number of amides is 1. The van der Waals surface area contributed by atoms with E-state index >= 15 is 0 Å². The lowest BCUT2D eigenvalue weighted by atomic mass is 10.1. The number of carbonyl (C=O) groups is 1. The fourth-order valence-corrected chi connectivity index (χ4v) is 2.57. The number of carbonyl (C=O) groups excluding carboxylic acids is 1. The number of rotatable bonds is 3. The largest absolute Gasteiger partial charge is 0.345 e. The van der Waals surface area contributed by atoms with E-state index in [0.717, 1.165) is 36.1 Å². The van der Waals surface area contributed by atoms with E-state index in [1.807, 2.05) is 30.1 Å². The molecule has 5 heteroatoms. The minimum Gasteiger partial charge on any atom is -0.345 e. The van der Waals surface area contributed by atoms with Crippen LogP contribution in [0.2, 0.25) is 0 Å². The predicted molar refractivity (Wildman–Crippen MR) is 73.8 cm³/mol. The van der Waals surface area contributed by atoms with E-state index in [1.54, 1.807) is 6.33 Å². The fourth-order valence-electron chi connectivity index (χ4n) is 2.57. The Bertz CT molecular complexity index is 586. The molecular formula is C14H18N4O. The Morgan fingerprint density at radius 3 is 3.21 bits per heavy atom. The monoisotopic (exact) mass is 258 g/mol. The van der Waals surface area contributed by atoms with Gasteiger partial charge in [-0.1, -0.05) is 6.07 Å². The number of aromatic amines is 1. The molecule has 1 aliphatic heterocycles. The molecule has 2 heterocycles. The number of benzene rings is 1. The van der Waals surface area contributed by atoms with Crippen LogP contribution in [-0.2, 0) is 11.2 Å². The number of nitrogens with one attached hydrogen (secondary N) is 2. The van der Waals surface area contributed by atoms with Gasteiger partial charge in [0.25, 0.3) is 0 Å². The number of aromatic nitrogens is 2. The summed E-state index contributed by atoms with van der Waals surface area (Å²) in [7, 11) is 1.90. The second-order valence-electron chi connectivity index (χ2n) is 5.08. The van der Waals surface area contributed by atoms with Crippen LogP contribution in [0.3, 0.4) is 0 Å². The molecule has 1 aromatic carbocycles. The average Bonchev–Trinajstić information content (AvgIpc) is 3.08. The standard InChI is InChI=1S/C14H18N4O/c1-18(11-4-5-15-8-11)14(19)7-10-2-3-12-13(6-10)17-9-16-12/h2-3,6,9,11,15H,4-5,7-8H2,1H3,(H,16,17). The molecule has 1 saturated heterocycles. The summed E-state index contributed by atoms with van der Waals surface area (Å²) in [6.07, 6.45) is 3.16. The third-order valence-electron chi connectivity index (χ3n) is 3.82. The molecule has 3 rings (SSSR count). The lowest BCUT2D eigenvalue weighted by Gasteiger charge is -2.23. The zero-order valence-corrected chi connectivity index (χ0v) is 11.0.